The molecule has 0 aromatic carbocycles. The Kier molecular flexibility index (Phi) is 6.41. The van der Waals surface area contributed by atoms with Crippen molar-refractivity contribution in [1.29, 1.82) is 5.26 Å². The third-order valence-electron chi connectivity index (χ3n) is 5.70. The van der Waals surface area contributed by atoms with E-state index in [0.717, 1.165) is 31.5 Å². The van der Waals surface area contributed by atoms with Crippen LogP contribution in [-0.2, 0) is 10.0 Å². The minimum absolute atomic E-state index is 0.108. The van der Waals surface area contributed by atoms with Gasteiger partial charge in [0.2, 0.25) is 15.9 Å². The van der Waals surface area contributed by atoms with Crippen LogP contribution in [0.3, 0.4) is 0 Å². The number of fused-ring (bicyclic) bond motifs is 1. The van der Waals surface area contributed by atoms with Crippen molar-refractivity contribution in [1.82, 2.24) is 19.3 Å². The lowest BCUT2D eigenvalue weighted by molar-refractivity contribution is -0.147. The van der Waals surface area contributed by atoms with E-state index in [1.807, 2.05) is 0 Å². The van der Waals surface area contributed by atoms with Crippen LogP contribution in [0.5, 0.6) is 5.88 Å². The largest absolute Gasteiger partial charge is 0.417 e. The molecule has 0 saturated heterocycles. The third-order valence-corrected chi connectivity index (χ3v) is 7.22. The van der Waals surface area contributed by atoms with Crippen LogP contribution >= 0.6 is 0 Å². The normalized spacial score (nSPS) is 15.7. The number of ether oxygens (including phenoxy) is 1. The second-order valence-electron chi connectivity index (χ2n) is 7.95. The Balaban J connectivity index is 1.80. The number of rotatable bonds is 7. The van der Waals surface area contributed by atoms with E-state index in [1.54, 1.807) is 9.29 Å². The second kappa shape index (κ2) is 9.04. The van der Waals surface area contributed by atoms with Gasteiger partial charge in [0, 0.05) is 23.7 Å². The zero-order chi connectivity index (χ0) is 25.5. The highest BCUT2D eigenvalue weighted by Crippen LogP contribution is 2.42. The molecule has 4 rings (SSSR count). The average molecular weight is 515 g/mol. The zero-order valence-electron chi connectivity index (χ0n) is 18.1. The highest BCUT2D eigenvalue weighted by molar-refractivity contribution is 7.89. The molecule has 0 unspecified atom stereocenters. The molecule has 1 aliphatic carbocycles. The molecule has 3 aromatic rings. The van der Waals surface area contributed by atoms with E-state index in [0.29, 0.717) is 18.0 Å². The van der Waals surface area contributed by atoms with Crippen molar-refractivity contribution < 1.29 is 35.1 Å². The summed E-state index contributed by atoms with van der Waals surface area (Å²) in [7, 11) is -4.52. The summed E-state index contributed by atoms with van der Waals surface area (Å²) in [6, 6.07) is 4.63. The Morgan fingerprint density at radius 1 is 1.23 bits per heavy atom. The summed E-state index contributed by atoms with van der Waals surface area (Å²) in [4.78, 5) is 7.77. The molecule has 0 spiro atoms. The van der Waals surface area contributed by atoms with Gasteiger partial charge in [0.05, 0.1) is 17.0 Å². The number of hydrogen-bond acceptors (Lipinski definition) is 6. The smallest absolute Gasteiger partial charge is 0.404 e. The van der Waals surface area contributed by atoms with E-state index in [1.165, 1.54) is 18.2 Å². The molecule has 1 aliphatic rings. The van der Waals surface area contributed by atoms with Crippen LogP contribution in [0, 0.1) is 11.3 Å². The first-order valence-electron chi connectivity index (χ1n) is 10.4. The van der Waals surface area contributed by atoms with Crippen LogP contribution in [-0.4, -0.2) is 41.8 Å². The lowest BCUT2D eigenvalue weighted by atomic mass is 9.92. The first-order valence-corrected chi connectivity index (χ1v) is 11.9. The summed E-state index contributed by atoms with van der Waals surface area (Å²) in [6.45, 7) is -2.42. The highest BCUT2D eigenvalue weighted by atomic mass is 32.2. The molecular weight excluding hydrogens is 497 g/mol. The summed E-state index contributed by atoms with van der Waals surface area (Å²) in [5, 5.41) is 10.2. The molecule has 186 valence electrons. The summed E-state index contributed by atoms with van der Waals surface area (Å²) in [6.07, 6.45) is -1.52. The van der Waals surface area contributed by atoms with E-state index in [-0.39, 0.29) is 28.8 Å². The van der Waals surface area contributed by atoms with Gasteiger partial charge in [-0.05, 0) is 44.4 Å². The van der Waals surface area contributed by atoms with Gasteiger partial charge in [0.25, 0.3) is 0 Å². The summed E-state index contributed by atoms with van der Waals surface area (Å²) in [5.41, 5.74) is 0.855. The molecule has 1 atom stereocenters. The maximum Gasteiger partial charge on any atom is 0.404 e. The topological polar surface area (TPSA) is 110 Å². The third kappa shape index (κ3) is 4.78. The van der Waals surface area contributed by atoms with E-state index in [4.69, 9.17) is 0 Å². The standard InChI is InChI=1S/C21H18F5N5O3S/c1-11(21(24,25)26)30-35(32,33)13-5-7-16(28-10-13)18-15(9-27)14-6-8-17(34-20(22)23)29-19(14)31(18)12-3-2-4-12/h5-8,10-12,20,30H,2-4H2,1H3/t11-/m0/s1. The second-order valence-corrected chi connectivity index (χ2v) is 9.67. The van der Waals surface area contributed by atoms with Gasteiger partial charge in [-0.1, -0.05) is 0 Å². The Labute approximate surface area is 196 Å². The maximum atomic E-state index is 12.8. The van der Waals surface area contributed by atoms with Crippen LogP contribution in [0.25, 0.3) is 22.4 Å². The van der Waals surface area contributed by atoms with Crippen molar-refractivity contribution in [3.05, 3.63) is 36.0 Å². The van der Waals surface area contributed by atoms with Crippen LogP contribution in [0.1, 0.15) is 37.8 Å². The van der Waals surface area contributed by atoms with Crippen molar-refractivity contribution in [2.45, 2.75) is 56.0 Å². The number of hydrogen-bond donors (Lipinski definition) is 1. The minimum Gasteiger partial charge on any atom is -0.417 e. The van der Waals surface area contributed by atoms with Crippen LogP contribution in [0.4, 0.5) is 22.0 Å². The summed E-state index contributed by atoms with van der Waals surface area (Å²) in [5.74, 6) is -0.333. The number of nitrogens with zero attached hydrogens (tertiary/aromatic N) is 4. The van der Waals surface area contributed by atoms with Crippen molar-refractivity contribution in [3.63, 3.8) is 0 Å². The molecule has 0 bridgehead atoms. The van der Waals surface area contributed by atoms with Gasteiger partial charge in [-0.15, -0.1) is 0 Å². The minimum atomic E-state index is -4.77. The van der Waals surface area contributed by atoms with E-state index in [9.17, 15) is 35.6 Å². The highest BCUT2D eigenvalue weighted by Gasteiger charge is 2.39. The molecule has 3 aromatic heterocycles. The fraction of sp³-hybridized carbons (Fsp3) is 0.381. The fourth-order valence-electron chi connectivity index (χ4n) is 3.73. The average Bonchev–Trinajstić information content (AvgIpc) is 3.04. The van der Waals surface area contributed by atoms with Crippen LogP contribution in [0.15, 0.2) is 35.4 Å². The van der Waals surface area contributed by atoms with Gasteiger partial charge >= 0.3 is 12.8 Å². The van der Waals surface area contributed by atoms with Gasteiger partial charge in [0.15, 0.2) is 0 Å². The predicted octanol–water partition coefficient (Wildman–Crippen LogP) is 4.53. The molecule has 14 heteroatoms. The van der Waals surface area contributed by atoms with Gasteiger partial charge in [-0.3, -0.25) is 4.98 Å². The molecule has 8 nitrogen and oxygen atoms in total. The number of halogens is 5. The van der Waals surface area contributed by atoms with Gasteiger partial charge in [-0.25, -0.2) is 8.42 Å². The number of nitriles is 1. The zero-order valence-corrected chi connectivity index (χ0v) is 18.9. The maximum absolute atomic E-state index is 12.8. The van der Waals surface area contributed by atoms with Gasteiger partial charge in [0.1, 0.15) is 22.7 Å². The Morgan fingerprint density at radius 2 is 1.94 bits per heavy atom. The Hall–Kier alpha value is -3.31. The SMILES string of the molecule is C[C@H](NS(=O)(=O)c1ccc(-c2c(C#N)c3ccc(OC(F)F)nc3n2C2CCC2)nc1)C(F)(F)F. The fourth-order valence-corrected chi connectivity index (χ4v) is 4.91. The van der Waals surface area contributed by atoms with E-state index in [2.05, 4.69) is 20.8 Å². The molecule has 0 amide bonds. The number of pyridine rings is 2. The van der Waals surface area contributed by atoms with Gasteiger partial charge < -0.3 is 9.30 Å². The summed E-state index contributed by atoms with van der Waals surface area (Å²) >= 11 is 0. The van der Waals surface area contributed by atoms with Crippen LogP contribution in [0.2, 0.25) is 0 Å². The van der Waals surface area contributed by atoms with Crippen molar-refractivity contribution >= 4 is 21.1 Å². The number of alkyl halides is 5. The Bertz CT molecular complexity index is 1390. The van der Waals surface area contributed by atoms with Crippen molar-refractivity contribution in [3.8, 4) is 23.3 Å². The lowest BCUT2D eigenvalue weighted by Gasteiger charge is -2.29. The molecule has 0 radical (unpaired) electrons. The summed E-state index contributed by atoms with van der Waals surface area (Å²) < 4.78 is 96.1. The number of aromatic nitrogens is 3. The predicted molar refractivity (Wildman–Crippen MR) is 113 cm³/mol. The Morgan fingerprint density at radius 3 is 2.46 bits per heavy atom. The monoisotopic (exact) mass is 515 g/mol. The molecule has 0 aliphatic heterocycles. The molecule has 3 heterocycles. The van der Waals surface area contributed by atoms with Crippen LogP contribution < -0.4 is 9.46 Å². The lowest BCUT2D eigenvalue weighted by Crippen LogP contribution is -2.42. The molecule has 1 N–H and O–H groups in total. The molecule has 1 saturated carbocycles. The quantitative estimate of drug-likeness (QED) is 0.463. The molecule has 1 fully saturated rings. The van der Waals surface area contributed by atoms with Gasteiger partial charge in [-0.2, -0.15) is 36.9 Å². The molecular formula is C21H18F5N5O3S. The number of nitrogens with one attached hydrogen (secondary N) is 1. The van der Waals surface area contributed by atoms with E-state index >= 15 is 0 Å². The van der Waals surface area contributed by atoms with Crippen molar-refractivity contribution in [2.75, 3.05) is 0 Å². The number of sulfonamides is 1. The first-order chi connectivity index (χ1) is 16.4. The van der Waals surface area contributed by atoms with E-state index < -0.39 is 33.7 Å². The molecule has 35 heavy (non-hydrogen) atoms. The first kappa shape index (κ1) is 24.8. The van der Waals surface area contributed by atoms with Crippen molar-refractivity contribution in [2.24, 2.45) is 0 Å².